The Hall–Kier alpha value is -2.22. The first-order chi connectivity index (χ1) is 13.1. The zero-order chi connectivity index (χ0) is 20.5. The Bertz CT molecular complexity index is 879. The van der Waals surface area contributed by atoms with Gasteiger partial charge < -0.3 is 24.5 Å². The number of amides is 1. The van der Waals surface area contributed by atoms with Crippen molar-refractivity contribution in [1.29, 1.82) is 0 Å². The number of hydrogen-bond donors (Lipinski definition) is 2. The molecule has 0 unspecified atom stereocenters. The number of rotatable bonds is 4. The highest BCUT2D eigenvalue weighted by molar-refractivity contribution is 9.10. The van der Waals surface area contributed by atoms with Gasteiger partial charge in [0.25, 0.3) is 0 Å². The summed E-state index contributed by atoms with van der Waals surface area (Å²) in [5.74, 6) is 0.0413. The molecular formula is C20H25BrN2O5. The predicted octanol–water partition coefficient (Wildman–Crippen LogP) is 4.65. The van der Waals surface area contributed by atoms with Gasteiger partial charge in [-0.3, -0.25) is 0 Å². The van der Waals surface area contributed by atoms with E-state index in [0.717, 1.165) is 23.7 Å². The van der Waals surface area contributed by atoms with E-state index in [1.54, 1.807) is 4.90 Å². The lowest BCUT2D eigenvalue weighted by atomic mass is 9.98. The number of benzene rings is 1. The number of nitrogens with one attached hydrogen (secondary N) is 1. The summed E-state index contributed by atoms with van der Waals surface area (Å²) in [6, 6.07) is 5.47. The molecule has 1 aliphatic rings. The number of carbonyl (C=O) groups is 2. The highest BCUT2D eigenvalue weighted by atomic mass is 79.9. The van der Waals surface area contributed by atoms with Gasteiger partial charge in [-0.15, -0.1) is 0 Å². The first kappa shape index (κ1) is 20.5. The maximum Gasteiger partial charge on any atom is 0.410 e. The lowest BCUT2D eigenvalue weighted by molar-refractivity contribution is 0.0164. The number of aromatic carboxylic acids is 1. The molecule has 1 aromatic heterocycles. The van der Waals surface area contributed by atoms with E-state index in [1.807, 2.05) is 39.0 Å². The number of hydrogen-bond acceptors (Lipinski definition) is 4. The molecule has 0 atom stereocenters. The molecule has 152 valence electrons. The van der Waals surface area contributed by atoms with E-state index in [4.69, 9.17) is 9.47 Å². The van der Waals surface area contributed by atoms with E-state index in [-0.39, 0.29) is 11.8 Å². The van der Waals surface area contributed by atoms with Gasteiger partial charge in [0.1, 0.15) is 17.0 Å². The van der Waals surface area contributed by atoms with E-state index < -0.39 is 11.6 Å². The van der Waals surface area contributed by atoms with Crippen LogP contribution in [0.25, 0.3) is 10.9 Å². The molecular weight excluding hydrogens is 428 g/mol. The van der Waals surface area contributed by atoms with Crippen LogP contribution in [0.4, 0.5) is 4.79 Å². The van der Waals surface area contributed by atoms with Gasteiger partial charge in [-0.05, 0) is 73.7 Å². The van der Waals surface area contributed by atoms with Crippen LogP contribution in [-0.2, 0) is 4.74 Å². The van der Waals surface area contributed by atoms with Crippen LogP contribution in [-0.4, -0.2) is 52.4 Å². The van der Waals surface area contributed by atoms with Crippen molar-refractivity contribution in [3.8, 4) is 5.75 Å². The van der Waals surface area contributed by atoms with Gasteiger partial charge in [0.15, 0.2) is 0 Å². The molecule has 0 saturated carbocycles. The van der Waals surface area contributed by atoms with E-state index in [2.05, 4.69) is 20.9 Å². The highest BCUT2D eigenvalue weighted by Crippen LogP contribution is 2.31. The molecule has 2 N–H and O–H groups in total. The molecule has 1 amide bonds. The van der Waals surface area contributed by atoms with Crippen molar-refractivity contribution in [1.82, 2.24) is 9.88 Å². The Kier molecular flexibility index (Phi) is 5.88. The van der Waals surface area contributed by atoms with Crippen LogP contribution in [0, 0.1) is 5.92 Å². The highest BCUT2D eigenvalue weighted by Gasteiger charge is 2.27. The molecule has 1 aliphatic heterocycles. The van der Waals surface area contributed by atoms with Gasteiger partial charge in [-0.2, -0.15) is 0 Å². The van der Waals surface area contributed by atoms with Crippen molar-refractivity contribution >= 4 is 38.9 Å². The lowest BCUT2D eigenvalue weighted by Crippen LogP contribution is -2.42. The fourth-order valence-corrected chi connectivity index (χ4v) is 3.79. The van der Waals surface area contributed by atoms with Gasteiger partial charge in [-0.1, -0.05) is 0 Å². The number of ether oxygens (including phenoxy) is 2. The number of H-pyrrole nitrogens is 1. The van der Waals surface area contributed by atoms with Gasteiger partial charge in [-0.25, -0.2) is 9.59 Å². The van der Waals surface area contributed by atoms with Crippen LogP contribution in [0.2, 0.25) is 0 Å². The molecule has 0 spiro atoms. The Labute approximate surface area is 172 Å². The zero-order valence-electron chi connectivity index (χ0n) is 16.3. The quantitative estimate of drug-likeness (QED) is 0.703. The summed E-state index contributed by atoms with van der Waals surface area (Å²) in [6.45, 7) is 7.47. The van der Waals surface area contributed by atoms with Crippen LogP contribution >= 0.6 is 15.9 Å². The molecule has 3 rings (SSSR count). The summed E-state index contributed by atoms with van der Waals surface area (Å²) in [5.41, 5.74) is 0.381. The predicted molar refractivity (Wildman–Crippen MR) is 109 cm³/mol. The maximum absolute atomic E-state index is 12.1. The van der Waals surface area contributed by atoms with Crippen molar-refractivity contribution in [2.45, 2.75) is 39.2 Å². The van der Waals surface area contributed by atoms with Gasteiger partial charge in [0, 0.05) is 24.0 Å². The first-order valence-electron chi connectivity index (χ1n) is 9.29. The molecule has 0 radical (unpaired) electrons. The summed E-state index contributed by atoms with van der Waals surface area (Å²) < 4.78 is 11.9. The zero-order valence-corrected chi connectivity index (χ0v) is 17.8. The van der Waals surface area contributed by atoms with E-state index in [1.165, 1.54) is 0 Å². The second-order valence-corrected chi connectivity index (χ2v) is 8.84. The van der Waals surface area contributed by atoms with Crippen molar-refractivity contribution in [3.63, 3.8) is 0 Å². The fourth-order valence-electron chi connectivity index (χ4n) is 3.20. The number of halogens is 1. The van der Waals surface area contributed by atoms with Crippen molar-refractivity contribution in [2.24, 2.45) is 5.92 Å². The van der Waals surface area contributed by atoms with Crippen molar-refractivity contribution in [2.75, 3.05) is 19.7 Å². The molecule has 0 aliphatic carbocycles. The number of carbonyl (C=O) groups excluding carboxylic acids is 1. The number of carboxylic acids is 1. The average Bonchev–Trinajstić information content (AvgIpc) is 2.95. The second-order valence-electron chi connectivity index (χ2n) is 8.05. The summed E-state index contributed by atoms with van der Waals surface area (Å²) in [4.78, 5) is 28.0. The average molecular weight is 453 g/mol. The third-order valence-electron chi connectivity index (χ3n) is 4.67. The number of likely N-dealkylation sites (tertiary alicyclic amines) is 1. The summed E-state index contributed by atoms with van der Waals surface area (Å²) in [6.07, 6.45) is 1.46. The third-order valence-corrected chi connectivity index (χ3v) is 5.50. The maximum atomic E-state index is 12.1. The Balaban J connectivity index is 1.55. The number of carboxylic acid groups (broad SMARTS) is 1. The Morgan fingerprint density at radius 3 is 2.57 bits per heavy atom. The molecule has 1 saturated heterocycles. The fraction of sp³-hybridized carbons (Fsp3) is 0.500. The topological polar surface area (TPSA) is 91.9 Å². The van der Waals surface area contributed by atoms with Gasteiger partial charge in [0.05, 0.1) is 11.1 Å². The van der Waals surface area contributed by atoms with E-state index >= 15 is 0 Å². The monoisotopic (exact) mass is 452 g/mol. The minimum absolute atomic E-state index is 0.127. The molecule has 7 nitrogen and oxygen atoms in total. The minimum atomic E-state index is -1.01. The number of piperidine rings is 1. The Morgan fingerprint density at radius 1 is 1.29 bits per heavy atom. The van der Waals surface area contributed by atoms with Crippen LogP contribution in [0.1, 0.15) is 44.1 Å². The van der Waals surface area contributed by atoms with Gasteiger partial charge in [0.2, 0.25) is 0 Å². The van der Waals surface area contributed by atoms with E-state index in [0.29, 0.717) is 35.8 Å². The van der Waals surface area contributed by atoms with Crippen molar-refractivity contribution < 1.29 is 24.2 Å². The molecule has 2 aromatic rings. The number of aromatic amines is 1. The number of fused-ring (bicyclic) bond motifs is 1. The SMILES string of the molecule is CC(C)(C)OC(=O)N1CCC(COc2ccc3[nH]c(C(=O)O)c(Br)c3c2)CC1. The molecule has 0 bridgehead atoms. The van der Waals surface area contributed by atoms with Crippen LogP contribution < -0.4 is 4.74 Å². The van der Waals surface area contributed by atoms with Crippen LogP contribution in [0.15, 0.2) is 22.7 Å². The smallest absolute Gasteiger partial charge is 0.410 e. The molecule has 8 heteroatoms. The molecule has 28 heavy (non-hydrogen) atoms. The summed E-state index contributed by atoms with van der Waals surface area (Å²) in [5, 5.41) is 9.98. The number of nitrogens with zero attached hydrogens (tertiary/aromatic N) is 1. The molecule has 1 fully saturated rings. The van der Waals surface area contributed by atoms with Crippen LogP contribution in [0.5, 0.6) is 5.75 Å². The largest absolute Gasteiger partial charge is 0.493 e. The summed E-state index contributed by atoms with van der Waals surface area (Å²) >= 11 is 3.34. The normalized spacial score (nSPS) is 15.6. The van der Waals surface area contributed by atoms with Crippen molar-refractivity contribution in [3.05, 3.63) is 28.4 Å². The minimum Gasteiger partial charge on any atom is -0.493 e. The lowest BCUT2D eigenvalue weighted by Gasteiger charge is -2.33. The van der Waals surface area contributed by atoms with E-state index in [9.17, 15) is 14.7 Å². The molecule has 1 aromatic carbocycles. The van der Waals surface area contributed by atoms with Gasteiger partial charge >= 0.3 is 12.1 Å². The third kappa shape index (κ3) is 4.79. The standard InChI is InChI=1S/C20H25BrN2O5/c1-20(2,3)28-19(26)23-8-6-12(7-9-23)11-27-13-4-5-15-14(10-13)16(21)17(22-15)18(24)25/h4-5,10,12,22H,6-9,11H2,1-3H3,(H,24,25). The molecule has 2 heterocycles. The first-order valence-corrected chi connectivity index (χ1v) is 10.1. The summed E-state index contributed by atoms with van der Waals surface area (Å²) in [7, 11) is 0. The Morgan fingerprint density at radius 2 is 1.96 bits per heavy atom. The second kappa shape index (κ2) is 8.03. The van der Waals surface area contributed by atoms with Crippen LogP contribution in [0.3, 0.4) is 0 Å². The number of aromatic nitrogens is 1.